The van der Waals surface area contributed by atoms with Crippen LogP contribution < -0.4 is 16.6 Å². The fraction of sp³-hybridized carbons (Fsp3) is 0.455. The van der Waals surface area contributed by atoms with Crippen LogP contribution in [0.4, 0.5) is 11.9 Å². The first kappa shape index (κ1) is 14.2. The highest BCUT2D eigenvalue weighted by Gasteiger charge is 2.22. The van der Waals surface area contributed by atoms with Crippen LogP contribution in [0.1, 0.15) is 20.3 Å². The second-order valence-corrected chi connectivity index (χ2v) is 4.59. The van der Waals surface area contributed by atoms with Crippen LogP contribution in [0.2, 0.25) is 0 Å². The molecule has 9 heteroatoms. The Kier molecular flexibility index (Phi) is 4.11. The van der Waals surface area contributed by atoms with Gasteiger partial charge in [0.1, 0.15) is 6.33 Å². The van der Waals surface area contributed by atoms with E-state index in [-0.39, 0.29) is 12.6 Å². The van der Waals surface area contributed by atoms with E-state index in [0.29, 0.717) is 18.3 Å². The topological polar surface area (TPSA) is 127 Å². The Morgan fingerprint density at radius 2 is 2.10 bits per heavy atom. The van der Waals surface area contributed by atoms with E-state index in [1.54, 1.807) is 23.3 Å². The smallest absolute Gasteiger partial charge is 0.243 e. The van der Waals surface area contributed by atoms with Gasteiger partial charge < -0.3 is 10.4 Å². The summed E-state index contributed by atoms with van der Waals surface area (Å²) < 4.78 is 1.63. The molecule has 0 aliphatic rings. The number of aromatic nitrogens is 5. The second kappa shape index (κ2) is 5.80. The van der Waals surface area contributed by atoms with E-state index in [0.717, 1.165) is 0 Å². The lowest BCUT2D eigenvalue weighted by atomic mass is 10.0. The van der Waals surface area contributed by atoms with Gasteiger partial charge in [0.2, 0.25) is 17.8 Å². The van der Waals surface area contributed by atoms with Gasteiger partial charge in [0.15, 0.2) is 0 Å². The Morgan fingerprint density at radius 3 is 2.65 bits per heavy atom. The molecule has 0 spiro atoms. The highest BCUT2D eigenvalue weighted by Crippen LogP contribution is 2.16. The molecule has 2 rings (SSSR count). The first-order valence-corrected chi connectivity index (χ1v) is 6.20. The summed E-state index contributed by atoms with van der Waals surface area (Å²) in [5.74, 6) is 6.30. The predicted octanol–water partition coefficient (Wildman–Crippen LogP) is -0.0842. The maximum atomic E-state index is 9.44. The molecule has 0 aliphatic carbocycles. The first-order chi connectivity index (χ1) is 9.60. The van der Waals surface area contributed by atoms with E-state index in [1.807, 2.05) is 13.8 Å². The van der Waals surface area contributed by atoms with Crippen molar-refractivity contribution in [2.75, 3.05) is 17.3 Å². The zero-order chi connectivity index (χ0) is 14.6. The fourth-order valence-corrected chi connectivity index (χ4v) is 1.49. The van der Waals surface area contributed by atoms with Gasteiger partial charge in [-0.05, 0) is 13.3 Å². The van der Waals surface area contributed by atoms with Crippen molar-refractivity contribution in [3.63, 3.8) is 0 Å². The van der Waals surface area contributed by atoms with Crippen molar-refractivity contribution in [3.05, 3.63) is 18.7 Å². The van der Waals surface area contributed by atoms with Gasteiger partial charge in [-0.15, -0.1) is 0 Å². The molecule has 1 unspecified atom stereocenters. The van der Waals surface area contributed by atoms with E-state index in [9.17, 15) is 5.11 Å². The number of rotatable bonds is 6. The molecule has 5 N–H and O–H groups in total. The summed E-state index contributed by atoms with van der Waals surface area (Å²) in [4.78, 5) is 16.5. The van der Waals surface area contributed by atoms with Gasteiger partial charge in [-0.2, -0.15) is 15.0 Å². The van der Waals surface area contributed by atoms with E-state index < -0.39 is 5.54 Å². The van der Waals surface area contributed by atoms with Crippen LogP contribution in [-0.2, 0) is 0 Å². The summed E-state index contributed by atoms with van der Waals surface area (Å²) in [5, 5.41) is 12.5. The minimum Gasteiger partial charge on any atom is -0.394 e. The van der Waals surface area contributed by atoms with Crippen LogP contribution in [0.25, 0.3) is 5.95 Å². The molecule has 0 saturated heterocycles. The summed E-state index contributed by atoms with van der Waals surface area (Å²) in [7, 11) is 0. The van der Waals surface area contributed by atoms with Crippen molar-refractivity contribution in [2.24, 2.45) is 5.84 Å². The molecule has 2 aromatic heterocycles. The van der Waals surface area contributed by atoms with Gasteiger partial charge in [0.25, 0.3) is 0 Å². The van der Waals surface area contributed by atoms with Crippen molar-refractivity contribution < 1.29 is 5.11 Å². The summed E-state index contributed by atoms with van der Waals surface area (Å²) in [6, 6.07) is 0. The molecule has 2 aromatic rings. The number of hydrazine groups is 1. The number of nitrogens with one attached hydrogen (secondary N) is 2. The SMILES string of the molecule is CCC(C)(CO)Nc1nc(NN)nc(-n2ccnc2)n1. The lowest BCUT2D eigenvalue weighted by Gasteiger charge is -2.27. The second-order valence-electron chi connectivity index (χ2n) is 4.59. The number of nitrogen functional groups attached to an aromatic ring is 1. The van der Waals surface area contributed by atoms with Gasteiger partial charge in [0.05, 0.1) is 12.1 Å². The Labute approximate surface area is 116 Å². The van der Waals surface area contributed by atoms with Crippen molar-refractivity contribution in [1.29, 1.82) is 0 Å². The van der Waals surface area contributed by atoms with Crippen molar-refractivity contribution in [2.45, 2.75) is 25.8 Å². The monoisotopic (exact) mass is 278 g/mol. The van der Waals surface area contributed by atoms with Gasteiger partial charge in [0, 0.05) is 12.4 Å². The molecule has 0 radical (unpaired) electrons. The van der Waals surface area contributed by atoms with Crippen molar-refractivity contribution in [3.8, 4) is 5.95 Å². The lowest BCUT2D eigenvalue weighted by Crippen LogP contribution is -2.39. The number of nitrogens with zero attached hydrogens (tertiary/aromatic N) is 5. The summed E-state index contributed by atoms with van der Waals surface area (Å²) in [6.07, 6.45) is 5.62. The summed E-state index contributed by atoms with van der Waals surface area (Å²) >= 11 is 0. The molecule has 0 amide bonds. The third-order valence-electron chi connectivity index (χ3n) is 3.03. The molecule has 0 saturated carbocycles. The van der Waals surface area contributed by atoms with E-state index in [4.69, 9.17) is 5.84 Å². The molecule has 1 atom stereocenters. The Morgan fingerprint density at radius 1 is 1.35 bits per heavy atom. The standard InChI is InChI=1S/C11H18N8O/c1-3-11(2,6-20)17-8-14-9(18-12)16-10(15-8)19-5-4-13-7-19/h4-5,7,20H,3,6,12H2,1-2H3,(H2,14,15,16,17,18). The Hall–Kier alpha value is -2.26. The molecular weight excluding hydrogens is 260 g/mol. The van der Waals surface area contributed by atoms with Gasteiger partial charge in [-0.1, -0.05) is 6.92 Å². The van der Waals surface area contributed by atoms with E-state index in [2.05, 4.69) is 30.7 Å². The third kappa shape index (κ3) is 3.00. The molecule has 0 aliphatic heterocycles. The van der Waals surface area contributed by atoms with Gasteiger partial charge in [-0.3, -0.25) is 9.99 Å². The maximum absolute atomic E-state index is 9.44. The molecule has 9 nitrogen and oxygen atoms in total. The van der Waals surface area contributed by atoms with Gasteiger partial charge >= 0.3 is 0 Å². The van der Waals surface area contributed by atoms with Crippen molar-refractivity contribution in [1.82, 2.24) is 24.5 Å². The molecule has 0 fully saturated rings. The van der Waals surface area contributed by atoms with Crippen LogP contribution in [-0.4, -0.2) is 41.8 Å². The summed E-state index contributed by atoms with van der Waals surface area (Å²) in [6.45, 7) is 3.80. The zero-order valence-electron chi connectivity index (χ0n) is 11.4. The van der Waals surface area contributed by atoms with Gasteiger partial charge in [-0.25, -0.2) is 10.8 Å². The Bertz CT molecular complexity index is 552. The average Bonchev–Trinajstić information content (AvgIpc) is 3.01. The number of hydrogen-bond donors (Lipinski definition) is 4. The van der Waals surface area contributed by atoms with Crippen LogP contribution in [0.5, 0.6) is 0 Å². The van der Waals surface area contributed by atoms with Crippen LogP contribution in [0.3, 0.4) is 0 Å². The quantitative estimate of drug-likeness (QED) is 0.426. The average molecular weight is 278 g/mol. The first-order valence-electron chi connectivity index (χ1n) is 6.20. The normalized spacial score (nSPS) is 13.8. The third-order valence-corrected chi connectivity index (χ3v) is 3.03. The van der Waals surface area contributed by atoms with Crippen molar-refractivity contribution >= 4 is 11.9 Å². The maximum Gasteiger partial charge on any atom is 0.243 e. The molecule has 2 heterocycles. The fourth-order valence-electron chi connectivity index (χ4n) is 1.49. The minimum atomic E-state index is -0.514. The highest BCUT2D eigenvalue weighted by molar-refractivity contribution is 5.39. The molecule has 108 valence electrons. The van der Waals surface area contributed by atoms with Crippen LogP contribution in [0, 0.1) is 0 Å². The van der Waals surface area contributed by atoms with Crippen LogP contribution >= 0.6 is 0 Å². The zero-order valence-corrected chi connectivity index (χ0v) is 11.4. The Balaban J connectivity index is 2.36. The minimum absolute atomic E-state index is 0.0407. The summed E-state index contributed by atoms with van der Waals surface area (Å²) in [5.41, 5.74) is 1.88. The lowest BCUT2D eigenvalue weighted by molar-refractivity contribution is 0.218. The number of hydrogen-bond acceptors (Lipinski definition) is 8. The predicted molar refractivity (Wildman–Crippen MR) is 74.2 cm³/mol. The molecule has 20 heavy (non-hydrogen) atoms. The molecule has 0 aromatic carbocycles. The number of imidazole rings is 1. The number of nitrogens with two attached hydrogens (primary N) is 1. The molecular formula is C11H18N8O. The number of aliphatic hydroxyl groups excluding tert-OH is 1. The number of anilines is 2. The van der Waals surface area contributed by atoms with E-state index >= 15 is 0 Å². The number of aliphatic hydroxyl groups is 1. The van der Waals surface area contributed by atoms with Crippen LogP contribution in [0.15, 0.2) is 18.7 Å². The molecule has 0 bridgehead atoms. The largest absolute Gasteiger partial charge is 0.394 e. The highest BCUT2D eigenvalue weighted by atomic mass is 16.3. The van der Waals surface area contributed by atoms with E-state index in [1.165, 1.54) is 0 Å².